The van der Waals surface area contributed by atoms with Crippen LogP contribution in [0.3, 0.4) is 0 Å². The van der Waals surface area contributed by atoms with Gasteiger partial charge in [-0.05, 0) is 38.2 Å². The lowest BCUT2D eigenvalue weighted by Gasteiger charge is -2.27. The van der Waals surface area contributed by atoms with Crippen molar-refractivity contribution in [3.8, 4) is 0 Å². The predicted molar refractivity (Wildman–Crippen MR) is 72.4 cm³/mol. The largest absolute Gasteiger partial charge is 0.478 e. The summed E-state index contributed by atoms with van der Waals surface area (Å²) in [5, 5.41) is 12.1. The standard InChI is InChI=1S/C12H17N3O3S/c1-6-8(10(16)17)9(19-15-6)14-11(18)12(2)5-3-4-7(12)13/h7H,3-5,13H2,1-2H3,(H,14,18)(H,16,17). The van der Waals surface area contributed by atoms with Crippen LogP contribution < -0.4 is 11.1 Å². The molecular formula is C12H17N3O3S. The van der Waals surface area contributed by atoms with Gasteiger partial charge >= 0.3 is 5.97 Å². The molecule has 1 heterocycles. The zero-order chi connectivity index (χ0) is 14.2. The number of hydrogen-bond donors (Lipinski definition) is 3. The lowest BCUT2D eigenvalue weighted by molar-refractivity contribution is -0.125. The summed E-state index contributed by atoms with van der Waals surface area (Å²) >= 11 is 0.988. The van der Waals surface area contributed by atoms with Crippen molar-refractivity contribution in [2.24, 2.45) is 11.1 Å². The maximum Gasteiger partial charge on any atom is 0.340 e. The summed E-state index contributed by atoms with van der Waals surface area (Å²) in [5.41, 5.74) is 5.82. The minimum atomic E-state index is -1.08. The highest BCUT2D eigenvalue weighted by atomic mass is 32.1. The van der Waals surface area contributed by atoms with Gasteiger partial charge in [-0.25, -0.2) is 4.79 Å². The number of carboxylic acid groups (broad SMARTS) is 1. The van der Waals surface area contributed by atoms with Gasteiger partial charge < -0.3 is 16.2 Å². The fourth-order valence-electron chi connectivity index (χ4n) is 2.43. The van der Waals surface area contributed by atoms with E-state index in [-0.39, 0.29) is 22.5 Å². The third-order valence-corrected chi connectivity index (χ3v) is 4.71. The van der Waals surface area contributed by atoms with Crippen molar-refractivity contribution in [1.29, 1.82) is 0 Å². The summed E-state index contributed by atoms with van der Waals surface area (Å²) in [5.74, 6) is -1.30. The molecule has 1 amide bonds. The van der Waals surface area contributed by atoms with Crippen LogP contribution >= 0.6 is 11.5 Å². The second kappa shape index (κ2) is 4.90. The summed E-state index contributed by atoms with van der Waals surface area (Å²) in [7, 11) is 0. The van der Waals surface area contributed by atoms with Crippen LogP contribution in [-0.2, 0) is 4.79 Å². The Balaban J connectivity index is 2.22. The number of aryl methyl sites for hydroxylation is 1. The van der Waals surface area contributed by atoms with Crippen molar-refractivity contribution in [2.45, 2.75) is 39.2 Å². The first-order valence-corrected chi connectivity index (χ1v) is 6.90. The molecule has 2 atom stereocenters. The number of rotatable bonds is 3. The number of anilines is 1. The van der Waals surface area contributed by atoms with Crippen LogP contribution in [0.4, 0.5) is 5.00 Å². The Kier molecular flexibility index (Phi) is 3.60. The molecule has 0 spiro atoms. The number of carbonyl (C=O) groups is 2. The third kappa shape index (κ3) is 2.35. The van der Waals surface area contributed by atoms with E-state index in [4.69, 9.17) is 10.8 Å². The Bertz CT molecular complexity index is 528. The van der Waals surface area contributed by atoms with Crippen LogP contribution in [0.15, 0.2) is 0 Å². The predicted octanol–water partition coefficient (Wildman–Crippen LogP) is 1.61. The number of hydrogen-bond acceptors (Lipinski definition) is 5. The second-order valence-corrected chi connectivity index (χ2v) is 5.92. The molecule has 7 heteroatoms. The zero-order valence-electron chi connectivity index (χ0n) is 10.9. The van der Waals surface area contributed by atoms with E-state index in [0.717, 1.165) is 30.8 Å². The molecule has 2 rings (SSSR count). The van der Waals surface area contributed by atoms with Crippen LogP contribution in [0.25, 0.3) is 0 Å². The van der Waals surface area contributed by atoms with E-state index in [1.54, 1.807) is 6.92 Å². The quantitative estimate of drug-likeness (QED) is 0.781. The molecule has 0 aliphatic heterocycles. The van der Waals surface area contributed by atoms with Crippen molar-refractivity contribution in [1.82, 2.24) is 4.37 Å². The summed E-state index contributed by atoms with van der Waals surface area (Å²) in [6, 6.07) is -0.185. The summed E-state index contributed by atoms with van der Waals surface area (Å²) < 4.78 is 3.97. The first-order valence-electron chi connectivity index (χ1n) is 6.13. The van der Waals surface area contributed by atoms with Gasteiger partial charge in [-0.2, -0.15) is 4.37 Å². The van der Waals surface area contributed by atoms with Gasteiger partial charge in [0.05, 0.1) is 11.1 Å². The molecule has 1 aliphatic carbocycles. The first-order chi connectivity index (χ1) is 8.86. The number of nitrogens with two attached hydrogens (primary N) is 1. The van der Waals surface area contributed by atoms with E-state index >= 15 is 0 Å². The van der Waals surface area contributed by atoms with E-state index in [2.05, 4.69) is 9.69 Å². The first kappa shape index (κ1) is 14.0. The highest BCUT2D eigenvalue weighted by Crippen LogP contribution is 2.38. The van der Waals surface area contributed by atoms with Gasteiger partial charge in [0, 0.05) is 6.04 Å². The zero-order valence-corrected chi connectivity index (χ0v) is 11.7. The fraction of sp³-hybridized carbons (Fsp3) is 0.583. The molecule has 0 saturated heterocycles. The van der Waals surface area contributed by atoms with Crippen molar-refractivity contribution in [3.63, 3.8) is 0 Å². The van der Waals surface area contributed by atoms with Gasteiger partial charge in [-0.1, -0.05) is 6.42 Å². The molecule has 4 N–H and O–H groups in total. The Morgan fingerprint density at radius 2 is 2.26 bits per heavy atom. The van der Waals surface area contributed by atoms with Crippen molar-refractivity contribution in [3.05, 3.63) is 11.3 Å². The molecule has 2 unspecified atom stereocenters. The molecule has 1 aromatic heterocycles. The van der Waals surface area contributed by atoms with E-state index in [1.807, 2.05) is 6.92 Å². The molecular weight excluding hydrogens is 266 g/mol. The number of nitrogens with zero attached hydrogens (tertiary/aromatic N) is 1. The topological polar surface area (TPSA) is 105 Å². The van der Waals surface area contributed by atoms with Crippen molar-refractivity contribution < 1.29 is 14.7 Å². The van der Waals surface area contributed by atoms with Crippen LogP contribution in [0.2, 0.25) is 0 Å². The lowest BCUT2D eigenvalue weighted by atomic mass is 9.84. The Morgan fingerprint density at radius 1 is 1.58 bits per heavy atom. The highest BCUT2D eigenvalue weighted by molar-refractivity contribution is 7.11. The highest BCUT2D eigenvalue weighted by Gasteiger charge is 2.43. The average Bonchev–Trinajstić information content (AvgIpc) is 2.85. The maximum atomic E-state index is 12.3. The van der Waals surface area contributed by atoms with E-state index in [9.17, 15) is 9.59 Å². The number of aromatic nitrogens is 1. The molecule has 0 radical (unpaired) electrons. The average molecular weight is 283 g/mol. The Morgan fingerprint density at radius 3 is 2.79 bits per heavy atom. The minimum Gasteiger partial charge on any atom is -0.478 e. The lowest BCUT2D eigenvalue weighted by Crippen LogP contribution is -2.44. The minimum absolute atomic E-state index is 0.0634. The summed E-state index contributed by atoms with van der Waals surface area (Å²) in [6.07, 6.45) is 2.45. The Hall–Kier alpha value is -1.47. The molecule has 1 saturated carbocycles. The molecule has 104 valence electrons. The van der Waals surface area contributed by atoms with E-state index in [0.29, 0.717) is 5.69 Å². The monoisotopic (exact) mass is 283 g/mol. The van der Waals surface area contributed by atoms with E-state index < -0.39 is 11.4 Å². The number of nitrogens with one attached hydrogen (secondary N) is 1. The van der Waals surface area contributed by atoms with Gasteiger partial charge in [-0.15, -0.1) is 0 Å². The number of carbonyl (C=O) groups excluding carboxylic acids is 1. The molecule has 0 bridgehead atoms. The SMILES string of the molecule is Cc1nsc(NC(=O)C2(C)CCCC2N)c1C(=O)O. The second-order valence-electron chi connectivity index (χ2n) is 5.15. The molecule has 6 nitrogen and oxygen atoms in total. The van der Waals surface area contributed by atoms with Crippen LogP contribution in [-0.4, -0.2) is 27.4 Å². The number of carboxylic acids is 1. The van der Waals surface area contributed by atoms with Gasteiger partial charge in [-0.3, -0.25) is 4.79 Å². The van der Waals surface area contributed by atoms with Gasteiger partial charge in [0.1, 0.15) is 10.6 Å². The molecule has 1 fully saturated rings. The van der Waals surface area contributed by atoms with Gasteiger partial charge in [0.15, 0.2) is 0 Å². The fourth-order valence-corrected chi connectivity index (χ4v) is 3.21. The molecule has 19 heavy (non-hydrogen) atoms. The van der Waals surface area contributed by atoms with Crippen LogP contribution in [0, 0.1) is 12.3 Å². The van der Waals surface area contributed by atoms with Gasteiger partial charge in [0.2, 0.25) is 5.91 Å². The normalized spacial score (nSPS) is 26.4. The maximum absolute atomic E-state index is 12.3. The number of aromatic carboxylic acids is 1. The smallest absolute Gasteiger partial charge is 0.340 e. The molecule has 1 aliphatic rings. The summed E-state index contributed by atoms with van der Waals surface area (Å²) in [6.45, 7) is 3.44. The van der Waals surface area contributed by atoms with Crippen molar-refractivity contribution >= 4 is 28.4 Å². The Labute approximate surface area is 115 Å². The van der Waals surface area contributed by atoms with Crippen LogP contribution in [0.1, 0.15) is 42.2 Å². The van der Waals surface area contributed by atoms with Gasteiger partial charge in [0.25, 0.3) is 0 Å². The molecule has 0 aromatic carbocycles. The third-order valence-electron chi connectivity index (χ3n) is 3.85. The van der Waals surface area contributed by atoms with Crippen molar-refractivity contribution in [2.75, 3.05) is 5.32 Å². The molecule has 1 aromatic rings. The van der Waals surface area contributed by atoms with Crippen LogP contribution in [0.5, 0.6) is 0 Å². The summed E-state index contributed by atoms with van der Waals surface area (Å²) in [4.78, 5) is 23.5. The number of amides is 1. The van der Waals surface area contributed by atoms with E-state index in [1.165, 1.54) is 0 Å².